The van der Waals surface area contributed by atoms with Gasteiger partial charge < -0.3 is 9.42 Å². The quantitative estimate of drug-likeness (QED) is 0.631. The lowest BCUT2D eigenvalue weighted by atomic mass is 10.1. The molecule has 0 radical (unpaired) electrons. The molecule has 0 N–H and O–H groups in total. The van der Waals surface area contributed by atoms with Crippen molar-refractivity contribution in [3.63, 3.8) is 0 Å². The van der Waals surface area contributed by atoms with Gasteiger partial charge in [-0.2, -0.15) is 0 Å². The number of hydrogen-bond acceptors (Lipinski definition) is 3. The zero-order valence-electron chi connectivity index (χ0n) is 7.58. The summed E-state index contributed by atoms with van der Waals surface area (Å²) >= 11 is 0. The average molecular weight is 166 g/mol. The molecule has 2 rings (SSSR count). The fraction of sp³-hybridized carbons (Fsp3) is 0.667. The van der Waals surface area contributed by atoms with E-state index in [1.807, 2.05) is 13.0 Å². The van der Waals surface area contributed by atoms with E-state index in [1.54, 1.807) is 0 Å². The predicted octanol–water partition coefficient (Wildman–Crippen LogP) is 1.40. The number of hydrogen-bond donors (Lipinski definition) is 0. The Morgan fingerprint density at radius 3 is 3.00 bits per heavy atom. The summed E-state index contributed by atoms with van der Waals surface area (Å²) in [4.78, 5) is 2.32. The lowest BCUT2D eigenvalue weighted by Crippen LogP contribution is -2.13. The van der Waals surface area contributed by atoms with E-state index < -0.39 is 0 Å². The van der Waals surface area contributed by atoms with Crippen molar-refractivity contribution in [2.45, 2.75) is 19.3 Å². The number of likely N-dealkylation sites (tertiary alicyclic amines) is 1. The Morgan fingerprint density at radius 1 is 1.67 bits per heavy atom. The van der Waals surface area contributed by atoms with Gasteiger partial charge in [0.2, 0.25) is 0 Å². The second kappa shape index (κ2) is 2.90. The maximum Gasteiger partial charge on any atom is 0.141 e. The molecule has 1 aromatic rings. The Labute approximate surface area is 72.3 Å². The molecule has 3 heteroatoms. The highest BCUT2D eigenvalue weighted by molar-refractivity contribution is 5.10. The van der Waals surface area contributed by atoms with E-state index in [0.717, 1.165) is 18.0 Å². The Morgan fingerprint density at radius 2 is 2.50 bits per heavy atom. The van der Waals surface area contributed by atoms with Crippen molar-refractivity contribution < 1.29 is 4.52 Å². The van der Waals surface area contributed by atoms with Gasteiger partial charge in [-0.3, -0.25) is 0 Å². The summed E-state index contributed by atoms with van der Waals surface area (Å²) in [5.74, 6) is 1.62. The van der Waals surface area contributed by atoms with Crippen LogP contribution in [0.25, 0.3) is 0 Å². The first-order chi connectivity index (χ1) is 5.75. The molecule has 0 bridgehead atoms. The van der Waals surface area contributed by atoms with Crippen LogP contribution in [0, 0.1) is 6.92 Å². The van der Waals surface area contributed by atoms with Gasteiger partial charge in [-0.15, -0.1) is 0 Å². The van der Waals surface area contributed by atoms with Gasteiger partial charge in [0.25, 0.3) is 0 Å². The molecule has 0 aliphatic carbocycles. The van der Waals surface area contributed by atoms with Crippen LogP contribution in [0.2, 0.25) is 0 Å². The van der Waals surface area contributed by atoms with Crippen molar-refractivity contribution in [2.24, 2.45) is 0 Å². The van der Waals surface area contributed by atoms with Crippen LogP contribution in [0.4, 0.5) is 0 Å². The van der Waals surface area contributed by atoms with Crippen molar-refractivity contribution in [1.29, 1.82) is 0 Å². The van der Waals surface area contributed by atoms with E-state index in [-0.39, 0.29) is 0 Å². The van der Waals surface area contributed by atoms with Gasteiger partial charge in [0.05, 0.1) is 5.69 Å². The standard InChI is InChI=1S/C9H14N2O/c1-7-5-9(12-10-7)8-3-4-11(2)6-8/h5,8H,3-4,6H2,1-2H3. The second-order valence-electron chi connectivity index (χ2n) is 3.62. The van der Waals surface area contributed by atoms with Crippen molar-refractivity contribution in [2.75, 3.05) is 20.1 Å². The van der Waals surface area contributed by atoms with E-state index >= 15 is 0 Å². The minimum atomic E-state index is 0.566. The average Bonchev–Trinajstić information content (AvgIpc) is 2.58. The smallest absolute Gasteiger partial charge is 0.141 e. The van der Waals surface area contributed by atoms with Crippen LogP contribution in [0.5, 0.6) is 0 Å². The number of aryl methyl sites for hydroxylation is 1. The fourth-order valence-electron chi connectivity index (χ4n) is 1.74. The van der Waals surface area contributed by atoms with E-state index in [9.17, 15) is 0 Å². The molecule has 66 valence electrons. The molecule has 1 atom stereocenters. The third-order valence-electron chi connectivity index (χ3n) is 2.44. The zero-order valence-corrected chi connectivity index (χ0v) is 7.58. The molecule has 0 aromatic carbocycles. The third kappa shape index (κ3) is 1.37. The van der Waals surface area contributed by atoms with Gasteiger partial charge >= 0.3 is 0 Å². The molecule has 1 aromatic heterocycles. The summed E-state index contributed by atoms with van der Waals surface area (Å²) in [6, 6.07) is 2.05. The van der Waals surface area contributed by atoms with E-state index in [4.69, 9.17) is 4.52 Å². The maximum absolute atomic E-state index is 5.22. The number of rotatable bonds is 1. The largest absolute Gasteiger partial charge is 0.361 e. The molecular formula is C9H14N2O. The molecule has 1 saturated heterocycles. The van der Waals surface area contributed by atoms with E-state index in [0.29, 0.717) is 5.92 Å². The molecule has 0 saturated carbocycles. The van der Waals surface area contributed by atoms with Gasteiger partial charge in [-0.1, -0.05) is 5.16 Å². The predicted molar refractivity (Wildman–Crippen MR) is 46.1 cm³/mol. The summed E-state index contributed by atoms with van der Waals surface area (Å²) < 4.78 is 5.22. The molecule has 1 aliphatic heterocycles. The Balaban J connectivity index is 2.11. The minimum Gasteiger partial charge on any atom is -0.361 e. The molecule has 0 amide bonds. The van der Waals surface area contributed by atoms with Crippen molar-refractivity contribution in [3.8, 4) is 0 Å². The molecule has 1 aliphatic rings. The zero-order chi connectivity index (χ0) is 8.55. The Bertz CT molecular complexity index is 269. The first-order valence-electron chi connectivity index (χ1n) is 4.37. The van der Waals surface area contributed by atoms with Gasteiger partial charge in [0, 0.05) is 18.5 Å². The molecule has 12 heavy (non-hydrogen) atoms. The Kier molecular flexibility index (Phi) is 1.89. The van der Waals surface area contributed by atoms with Crippen LogP contribution in [0.3, 0.4) is 0 Å². The summed E-state index contributed by atoms with van der Waals surface area (Å²) in [6.07, 6.45) is 1.20. The fourth-order valence-corrected chi connectivity index (χ4v) is 1.74. The molecular weight excluding hydrogens is 152 g/mol. The van der Waals surface area contributed by atoms with Gasteiger partial charge in [0.1, 0.15) is 5.76 Å². The monoisotopic (exact) mass is 166 g/mol. The highest BCUT2D eigenvalue weighted by Gasteiger charge is 2.24. The first kappa shape index (κ1) is 7.80. The van der Waals surface area contributed by atoms with Crippen LogP contribution < -0.4 is 0 Å². The molecule has 1 unspecified atom stereocenters. The molecule has 1 fully saturated rings. The summed E-state index contributed by atoms with van der Waals surface area (Å²) in [5.41, 5.74) is 0.986. The van der Waals surface area contributed by atoms with Crippen LogP contribution in [0.1, 0.15) is 23.8 Å². The van der Waals surface area contributed by atoms with E-state index in [1.165, 1.54) is 13.0 Å². The number of likely N-dealkylation sites (N-methyl/N-ethyl adjacent to an activating group) is 1. The summed E-state index contributed by atoms with van der Waals surface area (Å²) in [5, 5.41) is 3.89. The normalized spacial score (nSPS) is 25.0. The summed E-state index contributed by atoms with van der Waals surface area (Å²) in [7, 11) is 2.14. The van der Waals surface area contributed by atoms with Crippen molar-refractivity contribution >= 4 is 0 Å². The number of nitrogens with zero attached hydrogens (tertiary/aromatic N) is 2. The van der Waals surface area contributed by atoms with Gasteiger partial charge in [-0.25, -0.2) is 0 Å². The minimum absolute atomic E-state index is 0.566. The van der Waals surface area contributed by atoms with Crippen molar-refractivity contribution in [1.82, 2.24) is 10.1 Å². The van der Waals surface area contributed by atoms with Gasteiger partial charge in [0.15, 0.2) is 0 Å². The Hall–Kier alpha value is -0.830. The molecule has 2 heterocycles. The van der Waals surface area contributed by atoms with E-state index in [2.05, 4.69) is 17.1 Å². The lowest BCUT2D eigenvalue weighted by molar-refractivity contribution is 0.348. The van der Waals surface area contributed by atoms with Crippen LogP contribution in [-0.2, 0) is 0 Å². The van der Waals surface area contributed by atoms with Crippen LogP contribution >= 0.6 is 0 Å². The second-order valence-corrected chi connectivity index (χ2v) is 3.62. The van der Waals surface area contributed by atoms with Crippen LogP contribution in [0.15, 0.2) is 10.6 Å². The van der Waals surface area contributed by atoms with Crippen LogP contribution in [-0.4, -0.2) is 30.2 Å². The highest BCUT2D eigenvalue weighted by atomic mass is 16.5. The maximum atomic E-state index is 5.22. The topological polar surface area (TPSA) is 29.3 Å². The third-order valence-corrected chi connectivity index (χ3v) is 2.44. The first-order valence-corrected chi connectivity index (χ1v) is 4.37. The SMILES string of the molecule is Cc1cc(C2CCN(C)C2)on1. The molecule has 3 nitrogen and oxygen atoms in total. The molecule has 0 spiro atoms. The lowest BCUT2D eigenvalue weighted by Gasteiger charge is -2.05. The number of aromatic nitrogens is 1. The summed E-state index contributed by atoms with van der Waals surface area (Å²) in [6.45, 7) is 4.24. The van der Waals surface area contributed by atoms with Crippen molar-refractivity contribution in [3.05, 3.63) is 17.5 Å². The van der Waals surface area contributed by atoms with Gasteiger partial charge in [-0.05, 0) is 26.9 Å². The highest BCUT2D eigenvalue weighted by Crippen LogP contribution is 2.26.